The summed E-state index contributed by atoms with van der Waals surface area (Å²) in [5.74, 6) is -4.61. The van der Waals surface area contributed by atoms with Crippen LogP contribution in [-0.4, -0.2) is 41.1 Å². The first-order chi connectivity index (χ1) is 13.3. The predicted octanol–water partition coefficient (Wildman–Crippen LogP) is 0.222. The van der Waals surface area contributed by atoms with E-state index in [4.69, 9.17) is 5.73 Å². The minimum absolute atomic E-state index is 0.207. The first kappa shape index (κ1) is 18.5. The van der Waals surface area contributed by atoms with E-state index in [1.807, 2.05) is 6.92 Å². The van der Waals surface area contributed by atoms with Crippen molar-refractivity contribution < 1.29 is 23.6 Å². The highest BCUT2D eigenvalue weighted by atomic mass is 19.1. The summed E-state index contributed by atoms with van der Waals surface area (Å²) in [4.78, 5) is 52.0. The summed E-state index contributed by atoms with van der Waals surface area (Å²) in [6.45, 7) is 2.19. The molecular formula is C19H21FN4O4. The molecule has 9 heteroatoms. The molecule has 4 rings (SSSR count). The Kier molecular flexibility index (Phi) is 4.22. The zero-order valence-electron chi connectivity index (χ0n) is 15.3. The summed E-state index contributed by atoms with van der Waals surface area (Å²) in [5.41, 5.74) is 4.40. The van der Waals surface area contributed by atoms with Gasteiger partial charge in [-0.05, 0) is 24.6 Å². The summed E-state index contributed by atoms with van der Waals surface area (Å²) < 4.78 is 14.0. The fourth-order valence-corrected chi connectivity index (χ4v) is 4.76. The van der Waals surface area contributed by atoms with Gasteiger partial charge in [-0.1, -0.05) is 13.3 Å². The molecule has 4 amide bonds. The molecule has 0 aromatic heterocycles. The maximum atomic E-state index is 14.0. The van der Waals surface area contributed by atoms with Crippen molar-refractivity contribution in [3.63, 3.8) is 0 Å². The van der Waals surface area contributed by atoms with Crippen LogP contribution in [-0.2, 0) is 24.7 Å². The molecule has 0 bridgehead atoms. The van der Waals surface area contributed by atoms with Crippen LogP contribution in [0.2, 0.25) is 0 Å². The number of fused-ring (bicyclic) bond motifs is 4. The molecule has 8 nitrogen and oxygen atoms in total. The van der Waals surface area contributed by atoms with Crippen molar-refractivity contribution in [3.8, 4) is 0 Å². The van der Waals surface area contributed by atoms with Gasteiger partial charge < -0.3 is 11.1 Å². The van der Waals surface area contributed by atoms with Gasteiger partial charge >= 0.3 is 0 Å². The zero-order chi connectivity index (χ0) is 20.2. The van der Waals surface area contributed by atoms with Gasteiger partial charge in [-0.2, -0.15) is 0 Å². The normalized spacial score (nSPS) is 30.7. The average Bonchev–Trinajstić information content (AvgIpc) is 3.19. The van der Waals surface area contributed by atoms with Gasteiger partial charge in [0.15, 0.2) is 0 Å². The van der Waals surface area contributed by atoms with Crippen molar-refractivity contribution in [2.24, 2.45) is 17.6 Å². The Morgan fingerprint density at radius 2 is 2.04 bits per heavy atom. The maximum Gasteiger partial charge on any atom is 0.250 e. The van der Waals surface area contributed by atoms with Crippen LogP contribution in [0.15, 0.2) is 18.2 Å². The third kappa shape index (κ3) is 2.39. The Hall–Kier alpha value is -2.81. The monoisotopic (exact) mass is 388 g/mol. The molecule has 2 saturated heterocycles. The van der Waals surface area contributed by atoms with Crippen LogP contribution in [0.1, 0.15) is 31.7 Å². The van der Waals surface area contributed by atoms with Crippen molar-refractivity contribution >= 4 is 29.3 Å². The number of anilines is 1. The highest BCUT2D eigenvalue weighted by Gasteiger charge is 2.70. The number of carbonyl (C=O) groups is 4. The third-order valence-corrected chi connectivity index (χ3v) is 5.92. The van der Waals surface area contributed by atoms with Crippen LogP contribution >= 0.6 is 0 Å². The number of amides is 4. The second kappa shape index (κ2) is 6.37. The predicted molar refractivity (Wildman–Crippen MR) is 96.1 cm³/mol. The van der Waals surface area contributed by atoms with E-state index in [1.54, 1.807) is 0 Å². The highest BCUT2D eigenvalue weighted by molar-refractivity contribution is 6.15. The lowest BCUT2D eigenvalue weighted by molar-refractivity contribution is -0.142. The second-order valence-electron chi connectivity index (χ2n) is 7.56. The molecule has 0 aliphatic carbocycles. The van der Waals surface area contributed by atoms with E-state index >= 15 is 0 Å². The van der Waals surface area contributed by atoms with Crippen LogP contribution in [0.3, 0.4) is 0 Å². The first-order valence-corrected chi connectivity index (χ1v) is 9.34. The third-order valence-electron chi connectivity index (χ3n) is 5.92. The number of nitrogens with one attached hydrogen (secondary N) is 2. The Morgan fingerprint density at radius 3 is 2.71 bits per heavy atom. The van der Waals surface area contributed by atoms with E-state index in [0.29, 0.717) is 12.1 Å². The van der Waals surface area contributed by atoms with Gasteiger partial charge in [0.25, 0.3) is 0 Å². The number of hydrogen-bond donors (Lipinski definition) is 3. The van der Waals surface area contributed by atoms with E-state index in [0.717, 1.165) is 6.42 Å². The molecule has 0 saturated carbocycles. The van der Waals surface area contributed by atoms with E-state index in [-0.39, 0.29) is 18.5 Å². The lowest BCUT2D eigenvalue weighted by Gasteiger charge is -2.29. The van der Waals surface area contributed by atoms with Crippen molar-refractivity contribution in [1.29, 1.82) is 0 Å². The number of nitrogens with two attached hydrogens (primary N) is 1. The number of rotatable bonds is 5. The van der Waals surface area contributed by atoms with Crippen molar-refractivity contribution in [1.82, 2.24) is 10.2 Å². The van der Waals surface area contributed by atoms with Gasteiger partial charge in [0.05, 0.1) is 11.8 Å². The standard InChI is InChI=1S/C19H21FN4O4/c1-2-3-6-24-16(26)14-12(8-13(21)25)23-19(15(14)17(24)27)10-7-9(20)4-5-11(10)22-18(19)28/h4-5,7,12,14-15,23H,2-3,6,8H2,1H3,(H2,21,25)(H,22,28)/t12-,14+,15-,19-/m0/s1. The van der Waals surface area contributed by atoms with Gasteiger partial charge in [-0.15, -0.1) is 0 Å². The Bertz CT molecular complexity index is 904. The van der Waals surface area contributed by atoms with Gasteiger partial charge in [0, 0.05) is 30.3 Å². The SMILES string of the molecule is CCCCN1C(=O)[C@@H]2[C@H](CC(N)=O)N[C@]3(C(=O)Nc4ccc(F)cc43)[C@@H]2C1=O. The van der Waals surface area contributed by atoms with Crippen molar-refractivity contribution in [3.05, 3.63) is 29.6 Å². The van der Waals surface area contributed by atoms with Gasteiger partial charge in [-0.25, -0.2) is 4.39 Å². The smallest absolute Gasteiger partial charge is 0.250 e. The summed E-state index contributed by atoms with van der Waals surface area (Å²) in [6, 6.07) is 3.04. The molecule has 3 heterocycles. The molecule has 0 unspecified atom stereocenters. The van der Waals surface area contributed by atoms with Crippen LogP contribution < -0.4 is 16.4 Å². The second-order valence-corrected chi connectivity index (χ2v) is 7.56. The molecular weight excluding hydrogens is 367 g/mol. The zero-order valence-corrected chi connectivity index (χ0v) is 15.3. The number of halogens is 1. The summed E-state index contributed by atoms with van der Waals surface area (Å²) in [6.07, 6.45) is 1.21. The molecule has 1 aromatic rings. The number of carbonyl (C=O) groups excluding carboxylic acids is 4. The van der Waals surface area contributed by atoms with Crippen LogP contribution in [0.25, 0.3) is 0 Å². The summed E-state index contributed by atoms with van der Waals surface area (Å²) in [5, 5.41) is 5.69. The Labute approximate surface area is 160 Å². The number of imide groups is 1. The number of hydrogen-bond acceptors (Lipinski definition) is 5. The fourth-order valence-electron chi connectivity index (χ4n) is 4.76. The molecule has 2 fully saturated rings. The van der Waals surface area contributed by atoms with Gasteiger partial charge in [0.1, 0.15) is 11.4 Å². The number of unbranched alkanes of at least 4 members (excludes halogenated alkanes) is 1. The van der Waals surface area contributed by atoms with Gasteiger partial charge in [-0.3, -0.25) is 29.4 Å². The molecule has 0 radical (unpaired) electrons. The topological polar surface area (TPSA) is 122 Å². The number of primary amides is 1. The molecule has 3 aliphatic rings. The van der Waals surface area contributed by atoms with Crippen molar-refractivity contribution in [2.45, 2.75) is 37.8 Å². The highest BCUT2D eigenvalue weighted by Crippen LogP contribution is 2.53. The molecule has 1 spiro atoms. The molecule has 148 valence electrons. The summed E-state index contributed by atoms with van der Waals surface area (Å²) >= 11 is 0. The maximum absolute atomic E-state index is 14.0. The fraction of sp³-hybridized carbons (Fsp3) is 0.474. The largest absolute Gasteiger partial charge is 0.370 e. The number of likely N-dealkylation sites (tertiary alicyclic amines) is 1. The number of nitrogens with zero attached hydrogens (tertiary/aromatic N) is 1. The lowest BCUT2D eigenvalue weighted by atomic mass is 9.76. The average molecular weight is 388 g/mol. The minimum atomic E-state index is -1.60. The van der Waals surface area contributed by atoms with Crippen LogP contribution in [0.5, 0.6) is 0 Å². The van der Waals surface area contributed by atoms with E-state index in [2.05, 4.69) is 10.6 Å². The summed E-state index contributed by atoms with van der Waals surface area (Å²) in [7, 11) is 0. The Morgan fingerprint density at radius 1 is 1.29 bits per heavy atom. The van der Waals surface area contributed by atoms with E-state index in [1.165, 1.54) is 23.1 Å². The van der Waals surface area contributed by atoms with Crippen LogP contribution in [0.4, 0.5) is 10.1 Å². The van der Waals surface area contributed by atoms with Crippen LogP contribution in [0, 0.1) is 17.7 Å². The van der Waals surface area contributed by atoms with Gasteiger partial charge in [0.2, 0.25) is 23.6 Å². The molecule has 4 N–H and O–H groups in total. The lowest BCUT2D eigenvalue weighted by Crippen LogP contribution is -2.53. The Balaban J connectivity index is 1.85. The molecule has 4 atom stereocenters. The molecule has 28 heavy (non-hydrogen) atoms. The molecule has 1 aromatic carbocycles. The minimum Gasteiger partial charge on any atom is -0.370 e. The van der Waals surface area contributed by atoms with E-state index in [9.17, 15) is 23.6 Å². The first-order valence-electron chi connectivity index (χ1n) is 9.34. The van der Waals surface area contributed by atoms with Crippen molar-refractivity contribution in [2.75, 3.05) is 11.9 Å². The number of benzene rings is 1. The molecule has 3 aliphatic heterocycles. The quantitative estimate of drug-likeness (QED) is 0.623. The van der Waals surface area contributed by atoms with E-state index < -0.39 is 52.9 Å².